The highest BCUT2D eigenvalue weighted by Gasteiger charge is 2.13. The van der Waals surface area contributed by atoms with Crippen LogP contribution in [0.4, 0.5) is 0 Å². The smallest absolute Gasteiger partial charge is 0.159 e. The number of rotatable bonds is 4. The third-order valence-electron chi connectivity index (χ3n) is 3.62. The first-order valence-electron chi connectivity index (χ1n) is 7.38. The molecule has 0 aliphatic carbocycles. The average molecular weight is 312 g/mol. The molecule has 0 fully saturated rings. The van der Waals surface area contributed by atoms with Crippen molar-refractivity contribution in [1.82, 2.24) is 15.2 Å². The summed E-state index contributed by atoms with van der Waals surface area (Å²) in [5.41, 5.74) is 3.93. The quantitative estimate of drug-likeness (QED) is 0.942. The molecule has 0 saturated carbocycles. The molecule has 1 N–H and O–H groups in total. The molecule has 4 nitrogen and oxygen atoms in total. The van der Waals surface area contributed by atoms with Crippen LogP contribution in [0.1, 0.15) is 16.7 Å². The molecule has 1 aromatic carbocycles. The van der Waals surface area contributed by atoms with Crippen LogP contribution < -0.4 is 5.32 Å². The van der Waals surface area contributed by atoms with Gasteiger partial charge in [0.2, 0.25) is 0 Å². The van der Waals surface area contributed by atoms with Crippen LogP contribution in [0.15, 0.2) is 53.8 Å². The number of aliphatic imine (C=N–C) groups is 1. The summed E-state index contributed by atoms with van der Waals surface area (Å²) in [5.74, 6) is 0.959. The Kier molecular flexibility index (Phi) is 5.08. The van der Waals surface area contributed by atoms with E-state index in [-0.39, 0.29) is 0 Å². The Labute approximate surface area is 135 Å². The highest BCUT2D eigenvalue weighted by atomic mass is 32.2. The summed E-state index contributed by atoms with van der Waals surface area (Å²) in [6.07, 6.45) is 3.71. The maximum atomic E-state index is 4.63. The maximum absolute atomic E-state index is 4.63. The number of benzene rings is 1. The standard InChI is InChI=1S/C17H20N4S/c1-14-5-2-3-7-16(14)11-22-17-19-12-21(13-20-17)10-15-6-4-8-18-9-15/h2-9H,10-13H2,1H3,(H,19,20). The molecular formula is C17H20N4S. The summed E-state index contributed by atoms with van der Waals surface area (Å²) in [5, 5.41) is 4.43. The fraction of sp³-hybridized carbons (Fsp3) is 0.294. The number of nitrogens with zero attached hydrogens (tertiary/aromatic N) is 3. The third-order valence-corrected chi connectivity index (χ3v) is 4.63. The van der Waals surface area contributed by atoms with E-state index >= 15 is 0 Å². The number of aryl methyl sites for hydroxylation is 1. The zero-order chi connectivity index (χ0) is 15.2. The van der Waals surface area contributed by atoms with E-state index in [1.54, 1.807) is 18.0 Å². The number of nitrogens with one attached hydrogen (secondary N) is 1. The molecule has 5 heteroatoms. The van der Waals surface area contributed by atoms with Crippen molar-refractivity contribution >= 4 is 16.9 Å². The number of amidine groups is 1. The van der Waals surface area contributed by atoms with Crippen LogP contribution in [0, 0.1) is 6.92 Å². The lowest BCUT2D eigenvalue weighted by Gasteiger charge is -2.26. The molecule has 0 unspecified atom stereocenters. The Morgan fingerprint density at radius 3 is 2.86 bits per heavy atom. The molecule has 22 heavy (non-hydrogen) atoms. The van der Waals surface area contributed by atoms with E-state index in [0.29, 0.717) is 0 Å². The lowest BCUT2D eigenvalue weighted by atomic mass is 10.1. The van der Waals surface area contributed by atoms with Crippen LogP contribution in [-0.4, -0.2) is 28.4 Å². The zero-order valence-electron chi connectivity index (χ0n) is 12.7. The molecule has 3 rings (SSSR count). The van der Waals surface area contributed by atoms with Gasteiger partial charge in [-0.2, -0.15) is 0 Å². The van der Waals surface area contributed by atoms with Gasteiger partial charge in [-0.15, -0.1) is 0 Å². The summed E-state index contributed by atoms with van der Waals surface area (Å²) in [6.45, 7) is 4.59. The number of aromatic nitrogens is 1. The summed E-state index contributed by atoms with van der Waals surface area (Å²) >= 11 is 1.77. The van der Waals surface area contributed by atoms with Crippen molar-refractivity contribution in [1.29, 1.82) is 0 Å². The summed E-state index contributed by atoms with van der Waals surface area (Å²) in [4.78, 5) is 11.0. The zero-order valence-corrected chi connectivity index (χ0v) is 13.5. The first-order chi connectivity index (χ1) is 10.8. The first kappa shape index (κ1) is 15.1. The van der Waals surface area contributed by atoms with Gasteiger partial charge in [-0.3, -0.25) is 9.88 Å². The molecular weight excluding hydrogens is 292 g/mol. The van der Waals surface area contributed by atoms with E-state index in [1.807, 2.05) is 12.3 Å². The molecule has 2 aromatic rings. The number of pyridine rings is 1. The molecule has 114 valence electrons. The van der Waals surface area contributed by atoms with Gasteiger partial charge in [0, 0.05) is 24.7 Å². The van der Waals surface area contributed by atoms with E-state index in [1.165, 1.54) is 16.7 Å². The minimum Gasteiger partial charge on any atom is -0.352 e. The lowest BCUT2D eigenvalue weighted by molar-refractivity contribution is 0.258. The van der Waals surface area contributed by atoms with Crippen LogP contribution in [-0.2, 0) is 12.3 Å². The minimum atomic E-state index is 0.734. The molecule has 1 aliphatic heterocycles. The van der Waals surface area contributed by atoms with Crippen molar-refractivity contribution in [3.63, 3.8) is 0 Å². The second kappa shape index (κ2) is 7.42. The van der Waals surface area contributed by atoms with Crippen LogP contribution in [0.3, 0.4) is 0 Å². The van der Waals surface area contributed by atoms with Crippen molar-refractivity contribution in [2.75, 3.05) is 13.3 Å². The molecule has 0 bridgehead atoms. The fourth-order valence-corrected chi connectivity index (χ4v) is 3.25. The van der Waals surface area contributed by atoms with Gasteiger partial charge >= 0.3 is 0 Å². The van der Waals surface area contributed by atoms with Crippen molar-refractivity contribution in [3.05, 3.63) is 65.5 Å². The van der Waals surface area contributed by atoms with Crippen molar-refractivity contribution in [2.24, 2.45) is 4.99 Å². The van der Waals surface area contributed by atoms with Crippen LogP contribution in [0.2, 0.25) is 0 Å². The van der Waals surface area contributed by atoms with Gasteiger partial charge in [-0.25, -0.2) is 4.99 Å². The first-order valence-corrected chi connectivity index (χ1v) is 8.37. The van der Waals surface area contributed by atoms with E-state index in [4.69, 9.17) is 0 Å². The van der Waals surface area contributed by atoms with Gasteiger partial charge in [0.15, 0.2) is 5.17 Å². The Hall–Kier alpha value is -1.85. The molecule has 2 heterocycles. The van der Waals surface area contributed by atoms with Gasteiger partial charge < -0.3 is 5.32 Å². The molecule has 0 spiro atoms. The van der Waals surface area contributed by atoms with E-state index in [0.717, 1.165) is 30.8 Å². The predicted molar refractivity (Wildman–Crippen MR) is 92.6 cm³/mol. The van der Waals surface area contributed by atoms with E-state index in [2.05, 4.69) is 57.4 Å². The normalized spacial score (nSPS) is 15.2. The number of thioether (sulfide) groups is 1. The van der Waals surface area contributed by atoms with Crippen LogP contribution in [0.5, 0.6) is 0 Å². The molecule has 0 saturated heterocycles. The second-order valence-electron chi connectivity index (χ2n) is 5.34. The number of hydrogen-bond donors (Lipinski definition) is 1. The molecule has 0 amide bonds. The van der Waals surface area contributed by atoms with Crippen LogP contribution in [0.25, 0.3) is 0 Å². The van der Waals surface area contributed by atoms with Crippen molar-refractivity contribution in [3.8, 4) is 0 Å². The largest absolute Gasteiger partial charge is 0.352 e. The van der Waals surface area contributed by atoms with Gasteiger partial charge in [0.1, 0.15) is 0 Å². The second-order valence-corrected chi connectivity index (χ2v) is 6.31. The highest BCUT2D eigenvalue weighted by molar-refractivity contribution is 8.13. The molecule has 1 aromatic heterocycles. The fourth-order valence-electron chi connectivity index (χ4n) is 2.32. The van der Waals surface area contributed by atoms with Gasteiger partial charge in [-0.05, 0) is 29.7 Å². The predicted octanol–water partition coefficient (Wildman–Crippen LogP) is 3.00. The Balaban J connectivity index is 1.50. The summed E-state index contributed by atoms with van der Waals surface area (Å²) in [6, 6.07) is 12.6. The van der Waals surface area contributed by atoms with Gasteiger partial charge in [-0.1, -0.05) is 42.1 Å². The Bertz CT molecular complexity index is 642. The number of hydrogen-bond acceptors (Lipinski definition) is 5. The van der Waals surface area contributed by atoms with E-state index < -0.39 is 0 Å². The molecule has 1 aliphatic rings. The third kappa shape index (κ3) is 4.08. The Morgan fingerprint density at radius 2 is 2.14 bits per heavy atom. The monoisotopic (exact) mass is 312 g/mol. The molecule has 0 atom stereocenters. The van der Waals surface area contributed by atoms with Gasteiger partial charge in [0.25, 0.3) is 0 Å². The summed E-state index contributed by atoms with van der Waals surface area (Å²) < 4.78 is 0. The minimum absolute atomic E-state index is 0.734. The molecule has 0 radical (unpaired) electrons. The topological polar surface area (TPSA) is 40.5 Å². The SMILES string of the molecule is Cc1ccccc1CSC1=NCN(Cc2cccnc2)CN1. The lowest BCUT2D eigenvalue weighted by Crippen LogP contribution is -2.41. The average Bonchev–Trinajstić information content (AvgIpc) is 2.56. The summed E-state index contributed by atoms with van der Waals surface area (Å²) in [7, 11) is 0. The van der Waals surface area contributed by atoms with Crippen molar-refractivity contribution in [2.45, 2.75) is 19.2 Å². The van der Waals surface area contributed by atoms with E-state index in [9.17, 15) is 0 Å². The van der Waals surface area contributed by atoms with Crippen LogP contribution >= 0.6 is 11.8 Å². The Morgan fingerprint density at radius 1 is 1.23 bits per heavy atom. The van der Waals surface area contributed by atoms with Crippen molar-refractivity contribution < 1.29 is 0 Å². The van der Waals surface area contributed by atoms with Gasteiger partial charge in [0.05, 0.1) is 13.3 Å². The maximum Gasteiger partial charge on any atom is 0.159 e. The highest BCUT2D eigenvalue weighted by Crippen LogP contribution is 2.17.